The second kappa shape index (κ2) is 11.4. The Hall–Kier alpha value is -3.99. The summed E-state index contributed by atoms with van der Waals surface area (Å²) >= 11 is 0.947. The van der Waals surface area contributed by atoms with Crippen LogP contribution >= 0.6 is 11.8 Å². The van der Waals surface area contributed by atoms with Gasteiger partial charge in [-0.3, -0.25) is 9.59 Å². The van der Waals surface area contributed by atoms with Gasteiger partial charge < -0.3 is 29.6 Å². The Morgan fingerprint density at radius 2 is 1.77 bits per heavy atom. The summed E-state index contributed by atoms with van der Waals surface area (Å²) in [7, 11) is 4.24. The lowest BCUT2D eigenvalue weighted by molar-refractivity contribution is -0.118. The summed E-state index contributed by atoms with van der Waals surface area (Å²) in [4.78, 5) is 51.8. The van der Waals surface area contributed by atoms with E-state index in [1.807, 2.05) is 12.1 Å². The van der Waals surface area contributed by atoms with E-state index in [4.69, 9.17) is 14.2 Å². The van der Waals surface area contributed by atoms with Crippen LogP contribution in [0.4, 0.5) is 0 Å². The molecule has 0 aliphatic carbocycles. The number of carboxylic acids is 1. The van der Waals surface area contributed by atoms with Crippen LogP contribution in [0.3, 0.4) is 0 Å². The molecular weight excluding hydrogens is 476 g/mol. The Morgan fingerprint density at radius 3 is 2.43 bits per heavy atom. The fraction of sp³-hybridized carbons (Fsp3) is 0.250. The second-order valence-electron chi connectivity index (χ2n) is 7.29. The van der Waals surface area contributed by atoms with Crippen molar-refractivity contribution in [3.63, 3.8) is 0 Å². The van der Waals surface area contributed by atoms with Crippen molar-refractivity contribution in [2.75, 3.05) is 33.6 Å². The quantitative estimate of drug-likeness (QED) is 0.282. The van der Waals surface area contributed by atoms with E-state index in [0.29, 0.717) is 24.5 Å². The molecule has 0 atom stereocenters. The van der Waals surface area contributed by atoms with Gasteiger partial charge in [0.15, 0.2) is 11.5 Å². The Bertz CT molecular complexity index is 1340. The first-order valence-corrected chi connectivity index (χ1v) is 11.4. The number of carbonyl (C=O) groups is 3. The summed E-state index contributed by atoms with van der Waals surface area (Å²) in [6.45, 7) is 0.356. The number of fused-ring (bicyclic) bond motifs is 1. The summed E-state index contributed by atoms with van der Waals surface area (Å²) in [6, 6.07) is 9.39. The molecule has 1 heterocycles. The lowest BCUT2D eigenvalue weighted by Crippen LogP contribution is -2.27. The highest BCUT2D eigenvalue weighted by molar-refractivity contribution is 8.00. The molecule has 2 aromatic carbocycles. The molecule has 3 N–H and O–H groups in total. The number of aromatic carboxylic acids is 1. The minimum atomic E-state index is -1.16. The molecule has 0 saturated heterocycles. The van der Waals surface area contributed by atoms with Gasteiger partial charge in [0.25, 0.3) is 0 Å². The first kappa shape index (κ1) is 25.6. The Morgan fingerprint density at radius 1 is 1.03 bits per heavy atom. The van der Waals surface area contributed by atoms with Gasteiger partial charge in [0, 0.05) is 11.9 Å². The number of methoxy groups -OCH3 is 3. The summed E-state index contributed by atoms with van der Waals surface area (Å²) in [5, 5.41) is 12.3. The van der Waals surface area contributed by atoms with Crippen molar-refractivity contribution in [3.8, 4) is 11.5 Å². The molecule has 1 aromatic heterocycles. The lowest BCUT2D eigenvalue weighted by atomic mass is 10.1. The van der Waals surface area contributed by atoms with Crippen LogP contribution in [0.1, 0.15) is 26.3 Å². The van der Waals surface area contributed by atoms with Crippen LogP contribution in [0.5, 0.6) is 11.5 Å². The van der Waals surface area contributed by atoms with Gasteiger partial charge >= 0.3 is 11.9 Å². The van der Waals surface area contributed by atoms with Crippen LogP contribution < -0.4 is 20.2 Å². The maximum Gasteiger partial charge on any atom is 0.344 e. The van der Waals surface area contributed by atoms with Crippen LogP contribution in [0, 0.1) is 0 Å². The molecule has 0 aliphatic heterocycles. The Labute approximate surface area is 204 Å². The third-order valence-electron chi connectivity index (χ3n) is 5.13. The molecule has 0 saturated carbocycles. The molecule has 0 fully saturated rings. The standard InChI is InChI=1S/C24H24N2O8S/c1-32-17-7-4-13(10-18(17)33-2)8-9-25-19(27)12-35-22-20(24(31)34-3)21(28)15-6-5-14(23(29)30)11-16(15)26-22/h4-7,10-11H,8-9,12H2,1-3H3,(H,25,27)(H,26,28)(H,29,30). The number of aromatic amines is 1. The largest absolute Gasteiger partial charge is 0.493 e. The van der Waals surface area contributed by atoms with E-state index >= 15 is 0 Å². The van der Waals surface area contributed by atoms with Gasteiger partial charge in [-0.05, 0) is 42.3 Å². The van der Waals surface area contributed by atoms with Crippen LogP contribution in [0.15, 0.2) is 46.2 Å². The van der Waals surface area contributed by atoms with E-state index in [9.17, 15) is 24.3 Å². The molecule has 0 radical (unpaired) electrons. The lowest BCUT2D eigenvalue weighted by Gasteiger charge is -2.11. The van der Waals surface area contributed by atoms with Crippen molar-refractivity contribution in [3.05, 3.63) is 63.3 Å². The molecule has 0 bridgehead atoms. The zero-order valence-corrected chi connectivity index (χ0v) is 20.1. The van der Waals surface area contributed by atoms with Crippen LogP contribution in [-0.4, -0.2) is 61.6 Å². The van der Waals surface area contributed by atoms with Crippen LogP contribution in [-0.2, 0) is 16.0 Å². The number of esters is 1. The number of carbonyl (C=O) groups excluding carboxylic acids is 2. The molecule has 0 spiro atoms. The molecule has 1 amide bonds. The number of H-pyrrole nitrogens is 1. The van der Waals surface area contributed by atoms with Gasteiger partial charge in [-0.2, -0.15) is 0 Å². The van der Waals surface area contributed by atoms with Crippen molar-refractivity contribution in [1.29, 1.82) is 0 Å². The minimum Gasteiger partial charge on any atom is -0.493 e. The van der Waals surface area contributed by atoms with Crippen molar-refractivity contribution in [1.82, 2.24) is 10.3 Å². The van der Waals surface area contributed by atoms with E-state index in [1.165, 1.54) is 18.2 Å². The highest BCUT2D eigenvalue weighted by Crippen LogP contribution is 2.27. The summed E-state index contributed by atoms with van der Waals surface area (Å²) in [5.41, 5.74) is 0.295. The van der Waals surface area contributed by atoms with Crippen molar-refractivity contribution in [2.24, 2.45) is 0 Å². The van der Waals surface area contributed by atoms with Gasteiger partial charge in [0.2, 0.25) is 11.3 Å². The number of ether oxygens (including phenoxy) is 3. The molecule has 10 nitrogen and oxygen atoms in total. The number of hydrogen-bond donors (Lipinski definition) is 3. The predicted molar refractivity (Wildman–Crippen MR) is 130 cm³/mol. The average Bonchev–Trinajstić information content (AvgIpc) is 2.86. The first-order chi connectivity index (χ1) is 16.8. The Balaban J connectivity index is 1.72. The van der Waals surface area contributed by atoms with Gasteiger partial charge in [-0.25, -0.2) is 9.59 Å². The third kappa shape index (κ3) is 5.93. The van der Waals surface area contributed by atoms with Crippen LogP contribution in [0.25, 0.3) is 10.9 Å². The average molecular weight is 501 g/mol. The van der Waals surface area contributed by atoms with Crippen LogP contribution in [0.2, 0.25) is 0 Å². The van der Waals surface area contributed by atoms with E-state index in [-0.39, 0.29) is 38.7 Å². The number of rotatable bonds is 10. The molecule has 0 aliphatic rings. The fourth-order valence-electron chi connectivity index (χ4n) is 3.37. The Kier molecular flexibility index (Phi) is 8.37. The second-order valence-corrected chi connectivity index (χ2v) is 8.28. The third-order valence-corrected chi connectivity index (χ3v) is 6.14. The summed E-state index contributed by atoms with van der Waals surface area (Å²) in [5.74, 6) is -1.21. The monoisotopic (exact) mass is 500 g/mol. The van der Waals surface area contributed by atoms with E-state index in [1.54, 1.807) is 20.3 Å². The van der Waals surface area contributed by atoms with E-state index in [2.05, 4.69) is 10.3 Å². The van der Waals surface area contributed by atoms with E-state index < -0.39 is 17.4 Å². The summed E-state index contributed by atoms with van der Waals surface area (Å²) < 4.78 is 15.2. The maximum absolute atomic E-state index is 12.9. The van der Waals surface area contributed by atoms with Crippen molar-refractivity contribution >= 4 is 40.5 Å². The first-order valence-electron chi connectivity index (χ1n) is 10.4. The molecule has 35 heavy (non-hydrogen) atoms. The SMILES string of the molecule is COC(=O)c1c(SCC(=O)NCCc2ccc(OC)c(OC)c2)[nH]c2cc(C(=O)O)ccc2c1=O. The highest BCUT2D eigenvalue weighted by Gasteiger charge is 2.21. The minimum absolute atomic E-state index is 0.0252. The number of benzene rings is 2. The fourth-order valence-corrected chi connectivity index (χ4v) is 4.25. The summed E-state index contributed by atoms with van der Waals surface area (Å²) in [6.07, 6.45) is 0.551. The van der Waals surface area contributed by atoms with Gasteiger partial charge in [-0.15, -0.1) is 0 Å². The number of pyridine rings is 1. The molecule has 0 unspecified atom stereocenters. The topological polar surface area (TPSA) is 144 Å². The van der Waals surface area contributed by atoms with Crippen molar-refractivity contribution in [2.45, 2.75) is 11.4 Å². The predicted octanol–water partition coefficient (Wildman–Crippen LogP) is 2.48. The van der Waals surface area contributed by atoms with E-state index in [0.717, 1.165) is 24.4 Å². The molecular formula is C24H24N2O8S. The smallest absolute Gasteiger partial charge is 0.344 e. The highest BCUT2D eigenvalue weighted by atomic mass is 32.2. The molecule has 3 rings (SSSR count). The molecule has 3 aromatic rings. The van der Waals surface area contributed by atoms with Gasteiger partial charge in [0.1, 0.15) is 5.56 Å². The van der Waals surface area contributed by atoms with Crippen molar-refractivity contribution < 1.29 is 33.7 Å². The molecule has 11 heteroatoms. The number of aromatic nitrogens is 1. The number of hydrogen-bond acceptors (Lipinski definition) is 8. The normalized spacial score (nSPS) is 10.6. The number of thioether (sulfide) groups is 1. The number of nitrogens with one attached hydrogen (secondary N) is 2. The van der Waals surface area contributed by atoms with Gasteiger partial charge in [-0.1, -0.05) is 17.8 Å². The zero-order valence-electron chi connectivity index (χ0n) is 19.3. The number of amides is 1. The molecule has 184 valence electrons. The zero-order chi connectivity index (χ0) is 25.5. The number of carboxylic acid groups (broad SMARTS) is 1. The maximum atomic E-state index is 12.9. The van der Waals surface area contributed by atoms with Gasteiger partial charge in [0.05, 0.1) is 43.2 Å².